The van der Waals surface area contributed by atoms with Crippen molar-refractivity contribution in [2.24, 2.45) is 0 Å². The zero-order valence-electron chi connectivity index (χ0n) is 14.5. The van der Waals surface area contributed by atoms with Gasteiger partial charge >= 0.3 is 0 Å². The molecule has 2 heteroatoms. The van der Waals surface area contributed by atoms with Crippen LogP contribution in [0.25, 0.3) is 5.57 Å². The number of allylic oxidation sites excluding steroid dienone is 1. The molecule has 0 fully saturated rings. The lowest BCUT2D eigenvalue weighted by Crippen LogP contribution is -2.45. The van der Waals surface area contributed by atoms with E-state index in [1.807, 2.05) is 0 Å². The van der Waals surface area contributed by atoms with E-state index in [4.69, 9.17) is 0 Å². The smallest absolute Gasteiger partial charge is 0.0534 e. The Bertz CT molecular complexity index is 541. The lowest BCUT2D eigenvalue weighted by atomic mass is 9.87. The first-order valence-electron chi connectivity index (χ1n) is 8.22. The van der Waals surface area contributed by atoms with E-state index in [1.54, 1.807) is 0 Å². The van der Waals surface area contributed by atoms with E-state index in [9.17, 15) is 0 Å². The zero-order chi connectivity index (χ0) is 15.6. The second kappa shape index (κ2) is 6.23. The number of aryl methyl sites for hydroxylation is 1. The maximum absolute atomic E-state index is 3.52. The second-order valence-electron chi connectivity index (χ2n) is 6.70. The molecule has 1 heterocycles. The van der Waals surface area contributed by atoms with E-state index in [1.165, 1.54) is 34.4 Å². The summed E-state index contributed by atoms with van der Waals surface area (Å²) in [5.74, 6) is 0. The standard InChI is InChI=1S/C19H30N2/c1-7-9-20-13-16-11-17-15(4)12-19(5,6)21(8-2)18(17)10-14(16)3/h10-12,20H,7-9,13H2,1-6H3. The Hall–Kier alpha value is -1.28. The van der Waals surface area contributed by atoms with Crippen LogP contribution in [-0.2, 0) is 6.54 Å². The van der Waals surface area contributed by atoms with Crippen molar-refractivity contribution in [1.82, 2.24) is 5.32 Å². The normalized spacial score (nSPS) is 16.7. The van der Waals surface area contributed by atoms with Gasteiger partial charge in [0.2, 0.25) is 0 Å². The quantitative estimate of drug-likeness (QED) is 0.801. The lowest BCUT2D eigenvalue weighted by Gasteiger charge is -2.43. The maximum Gasteiger partial charge on any atom is 0.0534 e. The summed E-state index contributed by atoms with van der Waals surface area (Å²) in [7, 11) is 0. The summed E-state index contributed by atoms with van der Waals surface area (Å²) >= 11 is 0. The number of nitrogens with zero attached hydrogens (tertiary/aromatic N) is 1. The van der Waals surface area contributed by atoms with Crippen molar-refractivity contribution in [2.75, 3.05) is 18.0 Å². The van der Waals surface area contributed by atoms with Gasteiger partial charge in [-0.25, -0.2) is 0 Å². The van der Waals surface area contributed by atoms with Crippen molar-refractivity contribution in [1.29, 1.82) is 0 Å². The van der Waals surface area contributed by atoms with Crippen LogP contribution in [0.3, 0.4) is 0 Å². The van der Waals surface area contributed by atoms with Gasteiger partial charge in [0, 0.05) is 24.3 Å². The summed E-state index contributed by atoms with van der Waals surface area (Å²) in [4.78, 5) is 2.51. The number of rotatable bonds is 5. The van der Waals surface area contributed by atoms with Gasteiger partial charge in [0.1, 0.15) is 0 Å². The molecular weight excluding hydrogens is 256 g/mol. The van der Waals surface area contributed by atoms with E-state index >= 15 is 0 Å². The number of anilines is 1. The first-order chi connectivity index (χ1) is 9.90. The Labute approximate surface area is 130 Å². The Morgan fingerprint density at radius 3 is 2.48 bits per heavy atom. The van der Waals surface area contributed by atoms with E-state index < -0.39 is 0 Å². The number of hydrogen-bond acceptors (Lipinski definition) is 2. The fourth-order valence-electron chi connectivity index (χ4n) is 3.44. The fraction of sp³-hybridized carbons (Fsp3) is 0.579. The Kier molecular flexibility index (Phi) is 4.77. The minimum absolute atomic E-state index is 0.0975. The maximum atomic E-state index is 3.52. The molecule has 0 bridgehead atoms. The van der Waals surface area contributed by atoms with Crippen LogP contribution in [0.2, 0.25) is 0 Å². The van der Waals surface area contributed by atoms with Crippen LogP contribution in [-0.4, -0.2) is 18.6 Å². The highest BCUT2D eigenvalue weighted by Gasteiger charge is 2.30. The number of fused-ring (bicyclic) bond motifs is 1. The molecule has 21 heavy (non-hydrogen) atoms. The van der Waals surface area contributed by atoms with Crippen molar-refractivity contribution in [3.63, 3.8) is 0 Å². The van der Waals surface area contributed by atoms with E-state index in [2.05, 4.69) is 70.0 Å². The molecular formula is C19H30N2. The first-order valence-corrected chi connectivity index (χ1v) is 8.22. The van der Waals surface area contributed by atoms with Crippen molar-refractivity contribution in [2.45, 2.75) is 60.0 Å². The molecule has 2 rings (SSSR count). The molecule has 1 N–H and O–H groups in total. The molecule has 0 aromatic heterocycles. The van der Waals surface area contributed by atoms with Gasteiger partial charge in [-0.15, -0.1) is 0 Å². The topological polar surface area (TPSA) is 15.3 Å². The highest BCUT2D eigenvalue weighted by atomic mass is 15.2. The van der Waals surface area contributed by atoms with Gasteiger partial charge < -0.3 is 10.2 Å². The molecule has 1 aliphatic heterocycles. The zero-order valence-corrected chi connectivity index (χ0v) is 14.5. The van der Waals surface area contributed by atoms with Gasteiger partial charge in [0.05, 0.1) is 5.54 Å². The second-order valence-corrected chi connectivity index (χ2v) is 6.70. The fourth-order valence-corrected chi connectivity index (χ4v) is 3.44. The lowest BCUT2D eigenvalue weighted by molar-refractivity contribution is 0.566. The number of hydrogen-bond donors (Lipinski definition) is 1. The summed E-state index contributed by atoms with van der Waals surface area (Å²) in [5, 5.41) is 3.52. The highest BCUT2D eigenvalue weighted by Crippen LogP contribution is 2.40. The van der Waals surface area contributed by atoms with Crippen LogP contribution < -0.4 is 10.2 Å². The molecule has 2 nitrogen and oxygen atoms in total. The van der Waals surface area contributed by atoms with Crippen LogP contribution in [0.1, 0.15) is 57.7 Å². The average molecular weight is 286 g/mol. The molecule has 0 amide bonds. The molecule has 0 spiro atoms. The molecule has 0 unspecified atom stereocenters. The van der Waals surface area contributed by atoms with Crippen molar-refractivity contribution < 1.29 is 0 Å². The third kappa shape index (κ3) is 3.16. The van der Waals surface area contributed by atoms with E-state index in [0.29, 0.717) is 0 Å². The monoisotopic (exact) mass is 286 g/mol. The summed E-state index contributed by atoms with van der Waals surface area (Å²) in [6.45, 7) is 16.6. The minimum Gasteiger partial charge on any atom is -0.363 e. The highest BCUT2D eigenvalue weighted by molar-refractivity contribution is 5.82. The molecule has 0 radical (unpaired) electrons. The Morgan fingerprint density at radius 2 is 1.86 bits per heavy atom. The largest absolute Gasteiger partial charge is 0.363 e. The predicted octanol–water partition coefficient (Wildman–Crippen LogP) is 4.52. The van der Waals surface area contributed by atoms with Gasteiger partial charge in [0.25, 0.3) is 0 Å². The summed E-state index contributed by atoms with van der Waals surface area (Å²) < 4.78 is 0. The van der Waals surface area contributed by atoms with E-state index in [0.717, 1.165) is 19.6 Å². The van der Waals surface area contributed by atoms with Gasteiger partial charge in [-0.1, -0.05) is 13.0 Å². The SMILES string of the molecule is CCCNCc1cc2c(cc1C)N(CC)C(C)(C)C=C2C. The van der Waals surface area contributed by atoms with Crippen LogP contribution in [0, 0.1) is 6.92 Å². The summed E-state index contributed by atoms with van der Waals surface area (Å²) in [6, 6.07) is 4.76. The van der Waals surface area contributed by atoms with Crippen LogP contribution in [0.5, 0.6) is 0 Å². The molecule has 0 saturated heterocycles. The molecule has 1 aliphatic rings. The number of likely N-dealkylation sites (N-methyl/N-ethyl adjacent to an activating group) is 1. The predicted molar refractivity (Wildman–Crippen MR) is 93.9 cm³/mol. The van der Waals surface area contributed by atoms with E-state index in [-0.39, 0.29) is 5.54 Å². The molecule has 0 aliphatic carbocycles. The van der Waals surface area contributed by atoms with Gasteiger partial charge in [-0.3, -0.25) is 0 Å². The van der Waals surface area contributed by atoms with Crippen LogP contribution in [0.15, 0.2) is 18.2 Å². The molecule has 0 atom stereocenters. The molecule has 0 saturated carbocycles. The Morgan fingerprint density at radius 1 is 1.14 bits per heavy atom. The average Bonchev–Trinajstić information content (AvgIpc) is 2.39. The molecule has 1 aromatic carbocycles. The van der Waals surface area contributed by atoms with Gasteiger partial charge in [-0.2, -0.15) is 0 Å². The summed E-state index contributed by atoms with van der Waals surface area (Å²) in [6.07, 6.45) is 3.58. The Balaban J connectivity index is 2.42. The number of benzene rings is 1. The molecule has 1 aromatic rings. The third-order valence-electron chi connectivity index (χ3n) is 4.49. The van der Waals surface area contributed by atoms with Crippen molar-refractivity contribution in [3.05, 3.63) is 34.9 Å². The van der Waals surface area contributed by atoms with Gasteiger partial charge in [-0.05, 0) is 76.4 Å². The number of nitrogens with one attached hydrogen (secondary N) is 1. The first kappa shape index (κ1) is 16.1. The minimum atomic E-state index is 0.0975. The summed E-state index contributed by atoms with van der Waals surface area (Å²) in [5.41, 5.74) is 7.10. The molecule has 116 valence electrons. The van der Waals surface area contributed by atoms with Crippen LogP contribution >= 0.6 is 0 Å². The third-order valence-corrected chi connectivity index (χ3v) is 4.49. The van der Waals surface area contributed by atoms with Crippen LogP contribution in [0.4, 0.5) is 5.69 Å². The van der Waals surface area contributed by atoms with Crippen molar-refractivity contribution in [3.8, 4) is 0 Å². The van der Waals surface area contributed by atoms with Gasteiger partial charge in [0.15, 0.2) is 0 Å². The van der Waals surface area contributed by atoms with Crippen molar-refractivity contribution >= 4 is 11.3 Å².